The molecular formula is C12H15N3O. The minimum Gasteiger partial charge on any atom is -0.268 e. The van der Waals surface area contributed by atoms with E-state index in [2.05, 4.69) is 0 Å². The van der Waals surface area contributed by atoms with Gasteiger partial charge in [-0.3, -0.25) is 9.80 Å². The Bertz CT molecular complexity index is 446. The summed E-state index contributed by atoms with van der Waals surface area (Å²) in [6.07, 6.45) is 0. The van der Waals surface area contributed by atoms with Crippen molar-refractivity contribution in [1.82, 2.24) is 5.01 Å². The molecule has 0 radical (unpaired) electrons. The van der Waals surface area contributed by atoms with Gasteiger partial charge in [-0.2, -0.15) is 5.26 Å². The fraction of sp³-hybridized carbons (Fsp3) is 0.333. The first kappa shape index (κ1) is 12.2. The highest BCUT2D eigenvalue weighted by atomic mass is 16.2. The second-order valence-electron chi connectivity index (χ2n) is 4.16. The van der Waals surface area contributed by atoms with Gasteiger partial charge in [0.15, 0.2) is 0 Å². The van der Waals surface area contributed by atoms with Crippen molar-refractivity contribution in [3.05, 3.63) is 35.4 Å². The summed E-state index contributed by atoms with van der Waals surface area (Å²) in [5.41, 5.74) is 0.351. The first-order chi connectivity index (χ1) is 7.40. The monoisotopic (exact) mass is 217 g/mol. The van der Waals surface area contributed by atoms with E-state index in [1.54, 1.807) is 26.0 Å². The number of nitrogens with zero attached hydrogens (tertiary/aromatic N) is 2. The Morgan fingerprint density at radius 2 is 2.00 bits per heavy atom. The molecule has 0 heterocycles. The van der Waals surface area contributed by atoms with E-state index in [1.807, 2.05) is 25.1 Å². The zero-order valence-electron chi connectivity index (χ0n) is 9.69. The van der Waals surface area contributed by atoms with Crippen molar-refractivity contribution in [1.29, 1.82) is 5.26 Å². The van der Waals surface area contributed by atoms with Crippen LogP contribution in [0.1, 0.15) is 29.8 Å². The van der Waals surface area contributed by atoms with Gasteiger partial charge in [0.2, 0.25) is 0 Å². The van der Waals surface area contributed by atoms with E-state index < -0.39 is 5.54 Å². The lowest BCUT2D eigenvalue weighted by atomic mass is 10.0. The normalized spacial score (nSPS) is 10.7. The van der Waals surface area contributed by atoms with Crippen LogP contribution in [0.3, 0.4) is 0 Å². The molecular weight excluding hydrogens is 202 g/mol. The molecule has 0 atom stereocenters. The molecule has 0 aromatic heterocycles. The lowest BCUT2D eigenvalue weighted by molar-refractivity contribution is 0.0634. The zero-order valence-corrected chi connectivity index (χ0v) is 9.69. The van der Waals surface area contributed by atoms with Crippen molar-refractivity contribution in [3.63, 3.8) is 0 Å². The Balaban J connectivity index is 3.06. The summed E-state index contributed by atoms with van der Waals surface area (Å²) >= 11 is 0. The number of amides is 1. The average Bonchev–Trinajstić information content (AvgIpc) is 2.27. The minimum absolute atomic E-state index is 0.343. The molecule has 4 heteroatoms. The fourth-order valence-corrected chi connectivity index (χ4v) is 1.25. The number of hydrogen-bond acceptors (Lipinski definition) is 3. The standard InChI is InChI=1S/C12H15N3O/c1-9-6-4-5-7-10(9)11(16)15(14)12(2,3)8-13/h4-7H,14H2,1-3H3. The third-order valence-electron chi connectivity index (χ3n) is 2.47. The van der Waals surface area contributed by atoms with Gasteiger partial charge in [0.25, 0.3) is 5.91 Å². The average molecular weight is 217 g/mol. The SMILES string of the molecule is Cc1ccccc1C(=O)N(N)C(C)(C)C#N. The van der Waals surface area contributed by atoms with E-state index in [4.69, 9.17) is 11.1 Å². The summed E-state index contributed by atoms with van der Waals surface area (Å²) in [6, 6.07) is 9.15. The van der Waals surface area contributed by atoms with Gasteiger partial charge in [-0.1, -0.05) is 18.2 Å². The highest BCUT2D eigenvalue weighted by molar-refractivity contribution is 5.95. The van der Waals surface area contributed by atoms with E-state index in [1.165, 1.54) is 0 Å². The van der Waals surface area contributed by atoms with Crippen LogP contribution in [0.4, 0.5) is 0 Å². The Hall–Kier alpha value is -1.86. The van der Waals surface area contributed by atoms with Crippen LogP contribution in [0.5, 0.6) is 0 Å². The topological polar surface area (TPSA) is 70.1 Å². The van der Waals surface area contributed by atoms with Crippen molar-refractivity contribution in [2.75, 3.05) is 0 Å². The molecule has 0 unspecified atom stereocenters. The van der Waals surface area contributed by atoms with E-state index in [9.17, 15) is 4.79 Å². The van der Waals surface area contributed by atoms with Gasteiger partial charge in [0.1, 0.15) is 5.54 Å². The van der Waals surface area contributed by atoms with Crippen molar-refractivity contribution in [2.45, 2.75) is 26.3 Å². The summed E-state index contributed by atoms with van der Waals surface area (Å²) in [7, 11) is 0. The van der Waals surface area contributed by atoms with Gasteiger partial charge in [0, 0.05) is 5.56 Å². The van der Waals surface area contributed by atoms with Gasteiger partial charge in [-0.05, 0) is 32.4 Å². The molecule has 84 valence electrons. The number of nitriles is 1. The number of nitrogens with two attached hydrogens (primary N) is 1. The van der Waals surface area contributed by atoms with Gasteiger partial charge < -0.3 is 0 Å². The molecule has 1 rings (SSSR count). The molecule has 0 aliphatic rings. The van der Waals surface area contributed by atoms with Crippen LogP contribution < -0.4 is 5.84 Å². The number of rotatable bonds is 2. The van der Waals surface area contributed by atoms with Crippen LogP contribution >= 0.6 is 0 Å². The lowest BCUT2D eigenvalue weighted by Gasteiger charge is -2.28. The molecule has 0 aliphatic heterocycles. The highest BCUT2D eigenvalue weighted by Gasteiger charge is 2.29. The predicted molar refractivity (Wildman–Crippen MR) is 61.2 cm³/mol. The number of aryl methyl sites for hydroxylation is 1. The Labute approximate surface area is 95.2 Å². The number of carbonyl (C=O) groups excluding carboxylic acids is 1. The largest absolute Gasteiger partial charge is 0.269 e. The highest BCUT2D eigenvalue weighted by Crippen LogP contribution is 2.15. The van der Waals surface area contributed by atoms with Crippen LogP contribution in [0.2, 0.25) is 0 Å². The van der Waals surface area contributed by atoms with Crippen molar-refractivity contribution >= 4 is 5.91 Å². The predicted octanol–water partition coefficient (Wildman–Crippen LogP) is 1.61. The first-order valence-corrected chi connectivity index (χ1v) is 4.96. The molecule has 0 saturated carbocycles. The molecule has 1 amide bonds. The molecule has 0 saturated heterocycles. The minimum atomic E-state index is -1.01. The number of hydrogen-bond donors (Lipinski definition) is 1. The fourth-order valence-electron chi connectivity index (χ4n) is 1.25. The quantitative estimate of drug-likeness (QED) is 0.465. The maximum Gasteiger partial charge on any atom is 0.269 e. The third kappa shape index (κ3) is 2.20. The van der Waals surface area contributed by atoms with Crippen molar-refractivity contribution in [2.24, 2.45) is 5.84 Å². The number of hydrazine groups is 1. The van der Waals surface area contributed by atoms with Crippen LogP contribution in [0.25, 0.3) is 0 Å². The van der Waals surface area contributed by atoms with Crippen LogP contribution in [-0.4, -0.2) is 16.5 Å². The summed E-state index contributed by atoms with van der Waals surface area (Å²) in [4.78, 5) is 12.0. The molecule has 1 aromatic rings. The smallest absolute Gasteiger partial charge is 0.268 e. The molecule has 16 heavy (non-hydrogen) atoms. The van der Waals surface area contributed by atoms with Crippen LogP contribution in [0, 0.1) is 18.3 Å². The van der Waals surface area contributed by atoms with Gasteiger partial charge in [-0.25, -0.2) is 5.84 Å². The van der Waals surface area contributed by atoms with E-state index >= 15 is 0 Å². The molecule has 1 aromatic carbocycles. The second-order valence-corrected chi connectivity index (χ2v) is 4.16. The third-order valence-corrected chi connectivity index (χ3v) is 2.47. The zero-order chi connectivity index (χ0) is 12.3. The Morgan fingerprint density at radius 3 is 2.50 bits per heavy atom. The number of carbonyl (C=O) groups is 1. The molecule has 0 spiro atoms. The Morgan fingerprint density at radius 1 is 1.44 bits per heavy atom. The van der Waals surface area contributed by atoms with Gasteiger partial charge >= 0.3 is 0 Å². The maximum atomic E-state index is 12.0. The van der Waals surface area contributed by atoms with Crippen molar-refractivity contribution < 1.29 is 4.79 Å². The van der Waals surface area contributed by atoms with E-state index in [-0.39, 0.29) is 5.91 Å². The second kappa shape index (κ2) is 4.33. The molecule has 4 nitrogen and oxygen atoms in total. The molecule has 0 bridgehead atoms. The Kier molecular flexibility index (Phi) is 3.31. The van der Waals surface area contributed by atoms with Crippen LogP contribution in [0.15, 0.2) is 24.3 Å². The summed E-state index contributed by atoms with van der Waals surface area (Å²) < 4.78 is 0. The van der Waals surface area contributed by atoms with Gasteiger partial charge in [0.05, 0.1) is 6.07 Å². The van der Waals surface area contributed by atoms with E-state index in [0.717, 1.165) is 10.6 Å². The van der Waals surface area contributed by atoms with Crippen LogP contribution in [-0.2, 0) is 0 Å². The first-order valence-electron chi connectivity index (χ1n) is 4.96. The van der Waals surface area contributed by atoms with E-state index in [0.29, 0.717) is 5.56 Å². The molecule has 2 N–H and O–H groups in total. The lowest BCUT2D eigenvalue weighted by Crippen LogP contribution is -2.51. The van der Waals surface area contributed by atoms with Crippen molar-refractivity contribution in [3.8, 4) is 6.07 Å². The molecule has 0 fully saturated rings. The summed E-state index contributed by atoms with van der Waals surface area (Å²) in [5.74, 6) is 5.32. The molecule has 0 aliphatic carbocycles. The maximum absolute atomic E-state index is 12.0. The van der Waals surface area contributed by atoms with Gasteiger partial charge in [-0.15, -0.1) is 0 Å². The number of benzene rings is 1. The summed E-state index contributed by atoms with van der Waals surface area (Å²) in [5, 5.41) is 9.87. The summed E-state index contributed by atoms with van der Waals surface area (Å²) in [6.45, 7) is 5.03.